The summed E-state index contributed by atoms with van der Waals surface area (Å²) in [4.78, 5) is 12.8. The smallest absolute Gasteiger partial charge is 0.330 e. The molecule has 4 N–H and O–H groups in total. The van der Waals surface area contributed by atoms with E-state index >= 15 is 0 Å². The fraction of sp³-hybridized carbons (Fsp3) is 0.690. The Morgan fingerprint density at radius 3 is 2.50 bits per heavy atom. The molecule has 2 rings (SSSR count). The van der Waals surface area contributed by atoms with E-state index in [0.717, 1.165) is 5.57 Å². The normalized spacial score (nSPS) is 38.9. The predicted octanol–water partition coefficient (Wildman–Crippen LogP) is 3.97. The molecule has 0 unspecified atom stereocenters. The fourth-order valence-corrected chi connectivity index (χ4v) is 4.58. The highest BCUT2D eigenvalue weighted by atomic mass is 16.6. The van der Waals surface area contributed by atoms with Gasteiger partial charge >= 0.3 is 5.97 Å². The molecule has 1 fully saturated rings. The van der Waals surface area contributed by atoms with E-state index in [4.69, 9.17) is 9.47 Å². The highest BCUT2D eigenvalue weighted by molar-refractivity contribution is 5.83. The third kappa shape index (κ3) is 8.12. The Hall–Kier alpha value is -1.77. The van der Waals surface area contributed by atoms with Crippen LogP contribution in [0.25, 0.3) is 0 Å². The van der Waals surface area contributed by atoms with Crippen LogP contribution in [0.15, 0.2) is 48.1 Å². The average Bonchev–Trinajstić information content (AvgIpc) is 2.76. The number of hydrogen-bond acceptors (Lipinski definition) is 7. The largest absolute Gasteiger partial charge is 0.459 e. The molecule has 0 amide bonds. The van der Waals surface area contributed by atoms with Crippen molar-refractivity contribution in [2.45, 2.75) is 109 Å². The van der Waals surface area contributed by atoms with Gasteiger partial charge < -0.3 is 29.9 Å². The molecular weight excluding hydrogens is 460 g/mol. The van der Waals surface area contributed by atoms with Crippen molar-refractivity contribution in [3.8, 4) is 0 Å². The lowest BCUT2D eigenvalue weighted by atomic mass is 9.83. The monoisotopic (exact) mass is 506 g/mol. The first-order chi connectivity index (χ1) is 16.6. The topological polar surface area (TPSA) is 116 Å². The van der Waals surface area contributed by atoms with Gasteiger partial charge in [-0.25, -0.2) is 4.79 Å². The maximum absolute atomic E-state index is 12.8. The second-order valence-electron chi connectivity index (χ2n) is 11.2. The molecule has 7 heteroatoms. The minimum absolute atomic E-state index is 0.0922. The van der Waals surface area contributed by atoms with Gasteiger partial charge in [-0.3, -0.25) is 0 Å². The summed E-state index contributed by atoms with van der Waals surface area (Å²) in [7, 11) is 0. The first-order valence-corrected chi connectivity index (χ1v) is 13.0. The van der Waals surface area contributed by atoms with Crippen LogP contribution in [-0.4, -0.2) is 62.2 Å². The number of fused-ring (bicyclic) bond motifs is 2. The first kappa shape index (κ1) is 30.5. The van der Waals surface area contributed by atoms with Gasteiger partial charge in [0.15, 0.2) is 0 Å². The standard InChI is InChI=1S/C29H46O7/c1-18-14-24-11-8-12-25(31)22(5)20(3)16-27(32)35-26(15-21(4)23(6)30)19(2)10-9-13-28(7,33)29(34,17-18)36-24/h8-9,12-13,16,19,21-26,30-31,33-34H,1,10-11,14-15,17H2,2-7H3/t19-,21-,22+,23+,24+,25-,26-,28+,29+/m1/s1. The van der Waals surface area contributed by atoms with Crippen LogP contribution in [0.3, 0.4) is 0 Å². The lowest BCUT2D eigenvalue weighted by Crippen LogP contribution is -2.56. The maximum Gasteiger partial charge on any atom is 0.330 e. The van der Waals surface area contributed by atoms with Crippen LogP contribution in [0.5, 0.6) is 0 Å². The molecule has 7 nitrogen and oxygen atoms in total. The lowest BCUT2D eigenvalue weighted by molar-refractivity contribution is -0.305. The highest BCUT2D eigenvalue weighted by Crippen LogP contribution is 2.39. The van der Waals surface area contributed by atoms with E-state index < -0.39 is 41.8 Å². The van der Waals surface area contributed by atoms with Gasteiger partial charge in [0.05, 0.1) is 18.3 Å². The number of rotatable bonds is 3. The third-order valence-electron chi connectivity index (χ3n) is 7.75. The zero-order valence-corrected chi connectivity index (χ0v) is 22.7. The average molecular weight is 507 g/mol. The molecule has 1 saturated heterocycles. The summed E-state index contributed by atoms with van der Waals surface area (Å²) < 4.78 is 11.8. The van der Waals surface area contributed by atoms with Crippen LogP contribution in [0.2, 0.25) is 0 Å². The van der Waals surface area contributed by atoms with Crippen molar-refractivity contribution in [3.05, 3.63) is 48.1 Å². The van der Waals surface area contributed by atoms with Crippen molar-refractivity contribution >= 4 is 5.97 Å². The summed E-state index contributed by atoms with van der Waals surface area (Å²) >= 11 is 0. The van der Waals surface area contributed by atoms with E-state index in [9.17, 15) is 25.2 Å². The molecule has 2 aliphatic rings. The zero-order chi connectivity index (χ0) is 27.3. The third-order valence-corrected chi connectivity index (χ3v) is 7.75. The summed E-state index contributed by atoms with van der Waals surface area (Å²) in [5, 5.41) is 43.1. The Labute approximate surface area is 216 Å². The Morgan fingerprint density at radius 1 is 1.19 bits per heavy atom. The highest BCUT2D eigenvalue weighted by Gasteiger charge is 2.49. The Kier molecular flexibility index (Phi) is 10.7. The molecule has 0 aromatic heterocycles. The summed E-state index contributed by atoms with van der Waals surface area (Å²) in [5.41, 5.74) is -0.206. The first-order valence-electron chi connectivity index (χ1n) is 13.0. The molecule has 2 heterocycles. The molecule has 0 radical (unpaired) electrons. The molecule has 0 aromatic rings. The molecule has 0 aromatic carbocycles. The van der Waals surface area contributed by atoms with Crippen LogP contribution in [-0.2, 0) is 14.3 Å². The number of esters is 1. The SMILES string of the molecule is C=C1C[C@@H]2CC=C[C@@H](O)[C@@H](C)C(C)=CC(=O)O[C@H](C[C@@H](C)[C@H](C)O)[C@H](C)CC=C[C@](C)(O)[C@](O)(C1)O2. The van der Waals surface area contributed by atoms with Gasteiger partial charge in [-0.1, -0.05) is 62.8 Å². The zero-order valence-electron chi connectivity index (χ0n) is 22.7. The summed E-state index contributed by atoms with van der Waals surface area (Å²) in [6.45, 7) is 14.7. The summed E-state index contributed by atoms with van der Waals surface area (Å²) in [5.74, 6) is -2.86. The fourth-order valence-electron chi connectivity index (χ4n) is 4.58. The van der Waals surface area contributed by atoms with Crippen LogP contribution >= 0.6 is 0 Å². The molecule has 204 valence electrons. The van der Waals surface area contributed by atoms with Gasteiger partial charge in [-0.15, -0.1) is 0 Å². The van der Waals surface area contributed by atoms with Gasteiger partial charge in [-0.05, 0) is 58.3 Å². The van der Waals surface area contributed by atoms with E-state index in [1.54, 1.807) is 32.1 Å². The van der Waals surface area contributed by atoms with E-state index in [2.05, 4.69) is 6.58 Å². The van der Waals surface area contributed by atoms with Crippen LogP contribution in [0.4, 0.5) is 0 Å². The van der Waals surface area contributed by atoms with Crippen molar-refractivity contribution in [3.63, 3.8) is 0 Å². The number of cyclic esters (lactones) is 1. The van der Waals surface area contributed by atoms with Crippen LogP contribution < -0.4 is 0 Å². The van der Waals surface area contributed by atoms with Crippen molar-refractivity contribution in [2.75, 3.05) is 0 Å². The number of carbonyl (C=O) groups excluding carboxylic acids is 1. The summed E-state index contributed by atoms with van der Waals surface area (Å²) in [6.07, 6.45) is 7.94. The molecule has 2 bridgehead atoms. The van der Waals surface area contributed by atoms with Crippen molar-refractivity contribution in [1.29, 1.82) is 0 Å². The number of aliphatic hydroxyl groups excluding tert-OH is 2. The number of allylic oxidation sites excluding steroid dienone is 1. The Bertz CT molecular complexity index is 856. The van der Waals surface area contributed by atoms with E-state index in [1.807, 2.05) is 20.8 Å². The van der Waals surface area contributed by atoms with Gasteiger partial charge in [-0.2, -0.15) is 0 Å². The maximum atomic E-state index is 12.8. The van der Waals surface area contributed by atoms with Crippen LogP contribution in [0, 0.1) is 17.8 Å². The summed E-state index contributed by atoms with van der Waals surface area (Å²) in [6, 6.07) is 0. The van der Waals surface area contributed by atoms with Crippen molar-refractivity contribution in [1.82, 2.24) is 0 Å². The Balaban J connectivity index is 2.41. The lowest BCUT2D eigenvalue weighted by Gasteiger charge is -2.45. The van der Waals surface area contributed by atoms with Gasteiger partial charge in [0.1, 0.15) is 11.7 Å². The quantitative estimate of drug-likeness (QED) is 0.338. The second-order valence-corrected chi connectivity index (χ2v) is 11.2. The molecular formula is C29H46O7. The molecule has 0 aliphatic carbocycles. The van der Waals surface area contributed by atoms with E-state index in [1.165, 1.54) is 19.1 Å². The number of aliphatic hydroxyl groups is 4. The second kappa shape index (κ2) is 12.7. The number of ether oxygens (including phenoxy) is 2. The predicted molar refractivity (Wildman–Crippen MR) is 140 cm³/mol. The minimum atomic E-state index is -1.84. The van der Waals surface area contributed by atoms with E-state index in [-0.39, 0.29) is 24.2 Å². The minimum Gasteiger partial charge on any atom is -0.459 e. The number of hydrogen-bond donors (Lipinski definition) is 4. The van der Waals surface area contributed by atoms with Crippen molar-refractivity contribution in [2.24, 2.45) is 17.8 Å². The number of carbonyl (C=O) groups is 1. The van der Waals surface area contributed by atoms with E-state index in [0.29, 0.717) is 31.3 Å². The Morgan fingerprint density at radius 2 is 1.86 bits per heavy atom. The van der Waals surface area contributed by atoms with Gasteiger partial charge in [0.25, 0.3) is 0 Å². The molecule has 0 spiro atoms. The van der Waals surface area contributed by atoms with Crippen LogP contribution in [0.1, 0.15) is 73.6 Å². The molecule has 0 saturated carbocycles. The van der Waals surface area contributed by atoms with Crippen molar-refractivity contribution < 1.29 is 34.7 Å². The molecule has 2 aliphatic heterocycles. The molecule has 9 atom stereocenters. The molecule has 36 heavy (non-hydrogen) atoms. The van der Waals surface area contributed by atoms with Gasteiger partial charge in [0.2, 0.25) is 5.79 Å². The van der Waals surface area contributed by atoms with Gasteiger partial charge in [0, 0.05) is 18.4 Å².